The molecule has 0 aliphatic carbocycles. The molecule has 0 rings (SSSR count). The highest BCUT2D eigenvalue weighted by atomic mass is 16.4. The third-order valence-electron chi connectivity index (χ3n) is 3.65. The molecule has 0 aliphatic heterocycles. The molecule has 122 valence electrons. The summed E-state index contributed by atoms with van der Waals surface area (Å²) in [5.74, 6) is -0.423. The van der Waals surface area contributed by atoms with E-state index in [1.54, 1.807) is 6.08 Å². The van der Waals surface area contributed by atoms with Gasteiger partial charge in [-0.3, -0.25) is 4.79 Å². The van der Waals surface area contributed by atoms with Gasteiger partial charge in [0.05, 0.1) is 0 Å². The van der Waals surface area contributed by atoms with E-state index >= 15 is 0 Å². The number of Topliss-reactive ketones (excluding diaryl/α,β-unsaturated/α-hetero) is 1. The second-order valence-corrected chi connectivity index (χ2v) is 5.75. The number of aliphatic carboxylic acids is 1. The minimum atomic E-state index is -0.862. The maximum atomic E-state index is 11.6. The lowest BCUT2D eigenvalue weighted by Crippen LogP contribution is -1.97. The fraction of sp³-hybridized carbons (Fsp3) is 0.778. The maximum absolute atomic E-state index is 11.6. The SMILES string of the molecule is CCCCCC(=O)CCCCCCCCCC=CC(=O)O. The molecule has 3 nitrogen and oxygen atoms in total. The molecule has 0 unspecified atom stereocenters. The van der Waals surface area contributed by atoms with E-state index in [2.05, 4.69) is 6.92 Å². The van der Waals surface area contributed by atoms with Gasteiger partial charge >= 0.3 is 5.97 Å². The van der Waals surface area contributed by atoms with Gasteiger partial charge in [0.2, 0.25) is 0 Å². The largest absolute Gasteiger partial charge is 0.478 e. The van der Waals surface area contributed by atoms with Gasteiger partial charge in [-0.2, -0.15) is 0 Å². The highest BCUT2D eigenvalue weighted by Crippen LogP contribution is 2.11. The molecule has 0 amide bonds. The Kier molecular flexibility index (Phi) is 14.5. The standard InChI is InChI=1S/C18H32O3/c1-2-3-11-14-17(19)15-12-9-7-5-4-6-8-10-13-16-18(20)21/h13,16H,2-12,14-15H2,1H3,(H,20,21). The molecule has 0 atom stereocenters. The van der Waals surface area contributed by atoms with Crippen LogP contribution >= 0.6 is 0 Å². The molecular formula is C18H32O3. The van der Waals surface area contributed by atoms with Gasteiger partial charge < -0.3 is 5.11 Å². The zero-order valence-electron chi connectivity index (χ0n) is 13.6. The van der Waals surface area contributed by atoms with Crippen LogP contribution in [0.5, 0.6) is 0 Å². The van der Waals surface area contributed by atoms with Crippen molar-refractivity contribution in [3.8, 4) is 0 Å². The summed E-state index contributed by atoms with van der Waals surface area (Å²) in [7, 11) is 0. The first-order valence-corrected chi connectivity index (χ1v) is 8.58. The first kappa shape index (κ1) is 19.9. The van der Waals surface area contributed by atoms with Crippen LogP contribution in [0.1, 0.15) is 90.4 Å². The van der Waals surface area contributed by atoms with Crippen LogP contribution in [0.15, 0.2) is 12.2 Å². The summed E-state index contributed by atoms with van der Waals surface area (Å²) < 4.78 is 0. The van der Waals surface area contributed by atoms with E-state index in [0.717, 1.165) is 38.5 Å². The third-order valence-corrected chi connectivity index (χ3v) is 3.65. The van der Waals surface area contributed by atoms with Crippen molar-refractivity contribution in [1.82, 2.24) is 0 Å². The van der Waals surface area contributed by atoms with Crippen LogP contribution in [0, 0.1) is 0 Å². The van der Waals surface area contributed by atoms with Crippen molar-refractivity contribution in [2.24, 2.45) is 0 Å². The molecule has 0 aromatic rings. The molecule has 0 aromatic carbocycles. The molecule has 0 saturated heterocycles. The van der Waals surface area contributed by atoms with Crippen LogP contribution in [-0.4, -0.2) is 16.9 Å². The highest BCUT2D eigenvalue weighted by molar-refractivity contribution is 5.79. The van der Waals surface area contributed by atoms with Gasteiger partial charge in [0.15, 0.2) is 0 Å². The smallest absolute Gasteiger partial charge is 0.327 e. The molecule has 0 aliphatic rings. The molecule has 1 N–H and O–H groups in total. The Morgan fingerprint density at radius 3 is 1.90 bits per heavy atom. The van der Waals surface area contributed by atoms with Crippen molar-refractivity contribution in [3.05, 3.63) is 12.2 Å². The van der Waals surface area contributed by atoms with Crippen LogP contribution < -0.4 is 0 Å². The highest BCUT2D eigenvalue weighted by Gasteiger charge is 2.01. The topological polar surface area (TPSA) is 54.4 Å². The number of carbonyl (C=O) groups excluding carboxylic acids is 1. The molecule has 0 saturated carbocycles. The van der Waals surface area contributed by atoms with Crippen LogP contribution in [0.2, 0.25) is 0 Å². The average molecular weight is 296 g/mol. The van der Waals surface area contributed by atoms with Gasteiger partial charge in [0.1, 0.15) is 5.78 Å². The van der Waals surface area contributed by atoms with Crippen molar-refractivity contribution in [3.63, 3.8) is 0 Å². The van der Waals surface area contributed by atoms with Crippen molar-refractivity contribution < 1.29 is 14.7 Å². The maximum Gasteiger partial charge on any atom is 0.327 e. The molecule has 3 heteroatoms. The fourth-order valence-corrected chi connectivity index (χ4v) is 2.35. The van der Waals surface area contributed by atoms with Gasteiger partial charge in [-0.1, -0.05) is 57.9 Å². The van der Waals surface area contributed by atoms with Gasteiger partial charge in [0, 0.05) is 18.9 Å². The summed E-state index contributed by atoms with van der Waals surface area (Å²) in [5, 5.41) is 8.43. The number of hydrogen-bond acceptors (Lipinski definition) is 2. The molecule has 21 heavy (non-hydrogen) atoms. The van der Waals surface area contributed by atoms with Gasteiger partial charge in [-0.15, -0.1) is 0 Å². The zero-order valence-corrected chi connectivity index (χ0v) is 13.6. The quantitative estimate of drug-likeness (QED) is 0.330. The van der Waals surface area contributed by atoms with Gasteiger partial charge in [-0.25, -0.2) is 4.79 Å². The molecule has 0 heterocycles. The van der Waals surface area contributed by atoms with Crippen LogP contribution in [-0.2, 0) is 9.59 Å². The summed E-state index contributed by atoms with van der Waals surface area (Å²) in [5.41, 5.74) is 0. The predicted molar refractivity (Wildman–Crippen MR) is 87.5 cm³/mol. The normalized spacial score (nSPS) is 11.1. The Morgan fingerprint density at radius 1 is 0.810 bits per heavy atom. The number of unbranched alkanes of at least 4 members (excludes halogenated alkanes) is 9. The van der Waals surface area contributed by atoms with Crippen LogP contribution in [0.25, 0.3) is 0 Å². The minimum Gasteiger partial charge on any atom is -0.478 e. The second kappa shape index (κ2) is 15.3. The Labute approximate surface area is 129 Å². The third kappa shape index (κ3) is 16.8. The van der Waals surface area contributed by atoms with E-state index in [-0.39, 0.29) is 0 Å². The lowest BCUT2D eigenvalue weighted by molar-refractivity contribution is -0.131. The molecular weight excluding hydrogens is 264 g/mol. The van der Waals surface area contributed by atoms with Crippen LogP contribution in [0.4, 0.5) is 0 Å². The number of rotatable bonds is 15. The lowest BCUT2D eigenvalue weighted by Gasteiger charge is -2.02. The molecule has 0 fully saturated rings. The number of hydrogen-bond donors (Lipinski definition) is 1. The first-order valence-electron chi connectivity index (χ1n) is 8.58. The Bertz CT molecular complexity index is 295. The molecule has 0 bridgehead atoms. The summed E-state index contributed by atoms with van der Waals surface area (Å²) in [6, 6.07) is 0. The number of ketones is 1. The average Bonchev–Trinajstić information content (AvgIpc) is 2.44. The van der Waals surface area contributed by atoms with Crippen molar-refractivity contribution in [1.29, 1.82) is 0 Å². The Morgan fingerprint density at radius 2 is 1.33 bits per heavy atom. The molecule has 0 spiro atoms. The zero-order chi connectivity index (χ0) is 15.8. The first-order chi connectivity index (χ1) is 10.2. The minimum absolute atomic E-state index is 0.439. The van der Waals surface area contributed by atoms with E-state index in [1.165, 1.54) is 51.0 Å². The molecule has 0 aromatic heterocycles. The number of carboxylic acids is 1. The van der Waals surface area contributed by atoms with E-state index in [1.807, 2.05) is 0 Å². The van der Waals surface area contributed by atoms with Crippen molar-refractivity contribution in [2.75, 3.05) is 0 Å². The van der Waals surface area contributed by atoms with Gasteiger partial charge in [-0.05, 0) is 25.7 Å². The molecule has 0 radical (unpaired) electrons. The van der Waals surface area contributed by atoms with E-state index in [0.29, 0.717) is 5.78 Å². The predicted octanol–water partition coefficient (Wildman–Crippen LogP) is 5.29. The monoisotopic (exact) mass is 296 g/mol. The van der Waals surface area contributed by atoms with E-state index in [9.17, 15) is 9.59 Å². The number of carboxylic acid groups (broad SMARTS) is 1. The summed E-state index contributed by atoms with van der Waals surface area (Å²) in [6.45, 7) is 2.16. The summed E-state index contributed by atoms with van der Waals surface area (Å²) in [4.78, 5) is 21.8. The summed E-state index contributed by atoms with van der Waals surface area (Å²) in [6.07, 6.45) is 16.9. The summed E-state index contributed by atoms with van der Waals surface area (Å²) >= 11 is 0. The lowest BCUT2D eigenvalue weighted by atomic mass is 10.0. The Balaban J connectivity index is 3.18. The van der Waals surface area contributed by atoms with Gasteiger partial charge in [0.25, 0.3) is 0 Å². The second-order valence-electron chi connectivity index (χ2n) is 5.75. The number of allylic oxidation sites excluding steroid dienone is 1. The Hall–Kier alpha value is -1.12. The van der Waals surface area contributed by atoms with Crippen LogP contribution in [0.3, 0.4) is 0 Å². The van der Waals surface area contributed by atoms with E-state index < -0.39 is 5.97 Å². The number of carbonyl (C=O) groups is 2. The van der Waals surface area contributed by atoms with Crippen molar-refractivity contribution >= 4 is 11.8 Å². The fourth-order valence-electron chi connectivity index (χ4n) is 2.35. The van der Waals surface area contributed by atoms with E-state index in [4.69, 9.17) is 5.11 Å². The van der Waals surface area contributed by atoms with Crippen molar-refractivity contribution in [2.45, 2.75) is 90.4 Å².